The van der Waals surface area contributed by atoms with Crippen molar-refractivity contribution in [1.82, 2.24) is 5.32 Å². The van der Waals surface area contributed by atoms with Crippen LogP contribution in [0.3, 0.4) is 0 Å². The van der Waals surface area contributed by atoms with Crippen molar-refractivity contribution in [1.29, 1.82) is 0 Å². The van der Waals surface area contributed by atoms with Gasteiger partial charge in [-0.3, -0.25) is 19.7 Å². The Morgan fingerprint density at radius 1 is 1.03 bits per heavy atom. The molecule has 37 heavy (non-hydrogen) atoms. The van der Waals surface area contributed by atoms with E-state index in [4.69, 9.17) is 4.74 Å². The van der Waals surface area contributed by atoms with Gasteiger partial charge in [0, 0.05) is 15.7 Å². The Balaban J connectivity index is 1.62. The number of hydrogen-bond donors (Lipinski definition) is 2. The molecule has 0 radical (unpaired) electrons. The summed E-state index contributed by atoms with van der Waals surface area (Å²) in [5, 5.41) is 5.02. The smallest absolute Gasteiger partial charge is 0.335 e. The number of nitrogens with zero attached hydrogens (tertiary/aromatic N) is 1. The number of barbiturate groups is 1. The molecule has 4 rings (SSSR count). The number of carbonyl (C=O) groups excluding carboxylic acids is 4. The van der Waals surface area contributed by atoms with Crippen LogP contribution in [0.2, 0.25) is 0 Å². The molecule has 188 valence electrons. The molecule has 0 atom stereocenters. The van der Waals surface area contributed by atoms with Gasteiger partial charge in [0.1, 0.15) is 11.3 Å². The number of urea groups is 1. The molecule has 0 aromatic heterocycles. The number of amides is 5. The number of nitrogens with one attached hydrogen (secondary N) is 2. The van der Waals surface area contributed by atoms with Crippen LogP contribution in [-0.4, -0.2) is 30.4 Å². The first-order chi connectivity index (χ1) is 17.6. The minimum Gasteiger partial charge on any atom is -0.482 e. The second kappa shape index (κ2) is 11.1. The third kappa shape index (κ3) is 5.98. The second-order valence-electron chi connectivity index (χ2n) is 8.25. The quantitative estimate of drug-likeness (QED) is 0.277. The third-order valence-corrected chi connectivity index (χ3v) is 6.51. The topological polar surface area (TPSA) is 105 Å². The summed E-state index contributed by atoms with van der Waals surface area (Å²) in [6.45, 7) is 3.50. The monoisotopic (exact) mass is 625 g/mol. The number of imide groups is 2. The van der Waals surface area contributed by atoms with Gasteiger partial charge in [-0.1, -0.05) is 46.3 Å². The molecule has 0 unspecified atom stereocenters. The Kier molecular flexibility index (Phi) is 7.89. The molecule has 1 saturated heterocycles. The Morgan fingerprint density at radius 3 is 2.49 bits per heavy atom. The van der Waals surface area contributed by atoms with E-state index < -0.39 is 17.8 Å². The second-order valence-corrected chi connectivity index (χ2v) is 10.0. The van der Waals surface area contributed by atoms with Gasteiger partial charge in [-0.15, -0.1) is 0 Å². The summed E-state index contributed by atoms with van der Waals surface area (Å²) in [4.78, 5) is 51.8. The van der Waals surface area contributed by atoms with E-state index in [-0.39, 0.29) is 23.8 Å². The van der Waals surface area contributed by atoms with E-state index in [1.54, 1.807) is 42.5 Å². The molecular formula is C27H21Br2N3O5. The van der Waals surface area contributed by atoms with E-state index in [1.165, 1.54) is 6.08 Å². The zero-order valence-corrected chi connectivity index (χ0v) is 23.0. The van der Waals surface area contributed by atoms with Crippen LogP contribution in [0.15, 0.2) is 75.2 Å². The summed E-state index contributed by atoms with van der Waals surface area (Å²) in [6.07, 6.45) is 1.33. The number of rotatable bonds is 6. The molecule has 0 saturated carbocycles. The van der Waals surface area contributed by atoms with Crippen molar-refractivity contribution < 1.29 is 23.9 Å². The maximum Gasteiger partial charge on any atom is 0.335 e. The standard InChI is InChI=1S/C27H21Br2N3O5/c1-15-8-9-16(2)22(10-15)30-23(33)14-37-24-17(11-18(28)13-21(24)29)12-20-25(34)31-27(36)32(26(20)35)19-6-4-3-5-7-19/h3-13H,14H2,1-2H3,(H,30,33)(H,31,34,36)/b20-12-. The first kappa shape index (κ1) is 26.3. The van der Waals surface area contributed by atoms with Crippen molar-refractivity contribution in [2.75, 3.05) is 16.8 Å². The fraction of sp³-hybridized carbons (Fsp3) is 0.111. The lowest BCUT2D eigenvalue weighted by atomic mass is 10.1. The van der Waals surface area contributed by atoms with Crippen LogP contribution in [-0.2, 0) is 14.4 Å². The van der Waals surface area contributed by atoms with Gasteiger partial charge in [-0.05, 0) is 77.3 Å². The largest absolute Gasteiger partial charge is 0.482 e. The lowest BCUT2D eigenvalue weighted by Gasteiger charge is -2.26. The van der Waals surface area contributed by atoms with Crippen molar-refractivity contribution in [3.8, 4) is 5.75 Å². The molecule has 0 aliphatic carbocycles. The molecule has 10 heteroatoms. The van der Waals surface area contributed by atoms with E-state index in [2.05, 4.69) is 42.5 Å². The normalized spacial score (nSPS) is 14.5. The average Bonchev–Trinajstić information content (AvgIpc) is 2.84. The van der Waals surface area contributed by atoms with Crippen LogP contribution >= 0.6 is 31.9 Å². The highest BCUT2D eigenvalue weighted by molar-refractivity contribution is 9.11. The minimum absolute atomic E-state index is 0.246. The van der Waals surface area contributed by atoms with Crippen LogP contribution < -0.4 is 20.3 Å². The molecular weight excluding hydrogens is 606 g/mol. The summed E-state index contributed by atoms with van der Waals surface area (Å²) in [6, 6.07) is 16.5. The Labute approximate surface area is 229 Å². The maximum atomic E-state index is 13.2. The number of para-hydroxylation sites is 1. The first-order valence-electron chi connectivity index (χ1n) is 11.1. The molecule has 0 spiro atoms. The van der Waals surface area contributed by atoms with Crippen molar-refractivity contribution in [2.45, 2.75) is 13.8 Å². The van der Waals surface area contributed by atoms with Gasteiger partial charge >= 0.3 is 6.03 Å². The van der Waals surface area contributed by atoms with Gasteiger partial charge < -0.3 is 10.1 Å². The van der Waals surface area contributed by atoms with Gasteiger partial charge in [0.25, 0.3) is 17.7 Å². The number of halogens is 2. The summed E-state index contributed by atoms with van der Waals surface area (Å²) in [7, 11) is 0. The van der Waals surface area contributed by atoms with Crippen LogP contribution in [0.4, 0.5) is 16.2 Å². The molecule has 8 nitrogen and oxygen atoms in total. The molecule has 1 aliphatic heterocycles. The zero-order chi connectivity index (χ0) is 26.7. The summed E-state index contributed by atoms with van der Waals surface area (Å²) >= 11 is 6.82. The van der Waals surface area contributed by atoms with E-state index >= 15 is 0 Å². The van der Waals surface area contributed by atoms with Crippen LogP contribution in [0.1, 0.15) is 16.7 Å². The van der Waals surface area contributed by atoms with E-state index in [9.17, 15) is 19.2 Å². The number of ether oxygens (including phenoxy) is 1. The van der Waals surface area contributed by atoms with Crippen molar-refractivity contribution in [3.05, 3.63) is 91.9 Å². The van der Waals surface area contributed by atoms with E-state index in [1.807, 2.05) is 32.0 Å². The number of hydrogen-bond acceptors (Lipinski definition) is 5. The van der Waals surface area contributed by atoms with Crippen LogP contribution in [0.5, 0.6) is 5.75 Å². The lowest BCUT2D eigenvalue weighted by molar-refractivity contribution is -0.122. The molecule has 0 bridgehead atoms. The van der Waals surface area contributed by atoms with Gasteiger partial charge in [-0.2, -0.15) is 0 Å². The first-order valence-corrected chi connectivity index (χ1v) is 12.7. The number of benzene rings is 3. The van der Waals surface area contributed by atoms with Gasteiger partial charge in [-0.25, -0.2) is 9.69 Å². The highest BCUT2D eigenvalue weighted by Crippen LogP contribution is 2.35. The van der Waals surface area contributed by atoms with Crippen molar-refractivity contribution >= 4 is 73.1 Å². The van der Waals surface area contributed by atoms with E-state index in [0.717, 1.165) is 16.0 Å². The zero-order valence-electron chi connectivity index (χ0n) is 19.8. The van der Waals surface area contributed by atoms with Gasteiger partial charge in [0.15, 0.2) is 6.61 Å². The van der Waals surface area contributed by atoms with E-state index in [0.29, 0.717) is 25.9 Å². The fourth-order valence-electron chi connectivity index (χ4n) is 3.66. The lowest BCUT2D eigenvalue weighted by Crippen LogP contribution is -2.54. The molecule has 5 amide bonds. The predicted molar refractivity (Wildman–Crippen MR) is 147 cm³/mol. The number of anilines is 2. The number of aryl methyl sites for hydroxylation is 2. The SMILES string of the molecule is Cc1ccc(C)c(NC(=O)COc2c(Br)cc(Br)cc2/C=C2/C(=O)NC(=O)N(c3ccccc3)C2=O)c1. The summed E-state index contributed by atoms with van der Waals surface area (Å²) < 4.78 is 6.95. The van der Waals surface area contributed by atoms with Crippen molar-refractivity contribution in [2.24, 2.45) is 0 Å². The van der Waals surface area contributed by atoms with Crippen LogP contribution in [0, 0.1) is 13.8 Å². The minimum atomic E-state index is -0.839. The Bertz CT molecular complexity index is 1450. The highest BCUT2D eigenvalue weighted by Gasteiger charge is 2.37. The molecule has 3 aromatic carbocycles. The molecule has 1 aliphatic rings. The Morgan fingerprint density at radius 2 is 1.76 bits per heavy atom. The number of carbonyl (C=O) groups is 4. The Hall–Kier alpha value is -3.76. The van der Waals surface area contributed by atoms with Gasteiger partial charge in [0.2, 0.25) is 0 Å². The molecule has 2 N–H and O–H groups in total. The van der Waals surface area contributed by atoms with Crippen LogP contribution in [0.25, 0.3) is 6.08 Å². The predicted octanol–water partition coefficient (Wildman–Crippen LogP) is 5.51. The highest BCUT2D eigenvalue weighted by atomic mass is 79.9. The van der Waals surface area contributed by atoms with Crippen molar-refractivity contribution in [3.63, 3.8) is 0 Å². The molecule has 1 heterocycles. The van der Waals surface area contributed by atoms with Gasteiger partial charge in [0.05, 0.1) is 10.2 Å². The summed E-state index contributed by atoms with van der Waals surface area (Å²) in [5.74, 6) is -1.75. The summed E-state index contributed by atoms with van der Waals surface area (Å²) in [5.41, 5.74) is 3.00. The average molecular weight is 627 g/mol. The fourth-order valence-corrected chi connectivity index (χ4v) is 5.03. The maximum absolute atomic E-state index is 13.2. The third-order valence-electron chi connectivity index (χ3n) is 5.47. The molecule has 3 aromatic rings. The molecule has 1 fully saturated rings.